The van der Waals surface area contributed by atoms with Crippen LogP contribution in [-0.2, 0) is 6.61 Å². The third-order valence-electron chi connectivity index (χ3n) is 2.28. The molecule has 0 bridgehead atoms. The minimum Gasteiger partial charge on any atom is -0.489 e. The third kappa shape index (κ3) is 2.49. The first-order valence-electron chi connectivity index (χ1n) is 5.00. The Morgan fingerprint density at radius 3 is 2.88 bits per heavy atom. The first kappa shape index (κ1) is 10.9. The molecule has 0 spiro atoms. The summed E-state index contributed by atoms with van der Waals surface area (Å²) in [5.74, 6) is 0.890. The van der Waals surface area contributed by atoms with Crippen LogP contribution in [0.5, 0.6) is 5.75 Å². The number of hydrogen-bond donors (Lipinski definition) is 0. The molecule has 0 aliphatic carbocycles. The number of rotatable bonds is 4. The van der Waals surface area contributed by atoms with Gasteiger partial charge >= 0.3 is 0 Å². The van der Waals surface area contributed by atoms with Gasteiger partial charge in [0.2, 0.25) is 0 Å². The number of hydrogen-bond acceptors (Lipinski definition) is 3. The molecule has 1 aromatic carbocycles. The fraction of sp³-hybridized carbons (Fsp3) is 0.154. The summed E-state index contributed by atoms with van der Waals surface area (Å²) < 4.78 is 5.67. The molecule has 0 radical (unpaired) electrons. The fourth-order valence-corrected chi connectivity index (χ4v) is 2.11. The number of benzene rings is 1. The zero-order valence-electron chi connectivity index (χ0n) is 8.97. The van der Waals surface area contributed by atoms with E-state index in [1.165, 1.54) is 11.3 Å². The molecule has 0 aliphatic heterocycles. The summed E-state index contributed by atoms with van der Waals surface area (Å²) in [5.41, 5.74) is 2.16. The van der Waals surface area contributed by atoms with Crippen molar-refractivity contribution in [1.82, 2.24) is 0 Å². The Balaban J connectivity index is 2.02. The van der Waals surface area contributed by atoms with Gasteiger partial charge in [-0.2, -0.15) is 0 Å². The molecule has 0 amide bonds. The Hall–Kier alpha value is -1.61. The van der Waals surface area contributed by atoms with E-state index in [9.17, 15) is 4.79 Å². The van der Waals surface area contributed by atoms with E-state index in [2.05, 4.69) is 0 Å². The van der Waals surface area contributed by atoms with Crippen LogP contribution in [0.25, 0.3) is 0 Å². The second-order valence-corrected chi connectivity index (χ2v) is 4.47. The van der Waals surface area contributed by atoms with Crippen LogP contribution < -0.4 is 4.74 Å². The summed E-state index contributed by atoms with van der Waals surface area (Å²) in [6.07, 6.45) is 0.863. The molecule has 0 aliphatic rings. The van der Waals surface area contributed by atoms with Gasteiger partial charge in [0.15, 0.2) is 6.29 Å². The smallest absolute Gasteiger partial charge is 0.160 e. The lowest BCUT2D eigenvalue weighted by Crippen LogP contribution is -1.95. The molecule has 0 saturated carbocycles. The molecule has 2 rings (SSSR count). The highest BCUT2D eigenvalue weighted by Crippen LogP contribution is 2.19. The van der Waals surface area contributed by atoms with Gasteiger partial charge in [-0.1, -0.05) is 18.2 Å². The number of carbonyl (C=O) groups is 1. The van der Waals surface area contributed by atoms with E-state index in [0.29, 0.717) is 6.61 Å². The van der Waals surface area contributed by atoms with Gasteiger partial charge in [0, 0.05) is 5.56 Å². The van der Waals surface area contributed by atoms with Gasteiger partial charge in [-0.15, -0.1) is 11.3 Å². The Bertz CT molecular complexity index is 488. The van der Waals surface area contributed by atoms with Crippen molar-refractivity contribution >= 4 is 17.6 Å². The Labute approximate surface area is 98.5 Å². The van der Waals surface area contributed by atoms with Gasteiger partial charge < -0.3 is 4.74 Å². The SMILES string of the molecule is Cc1ccccc1OCc1csc(C=O)c1. The van der Waals surface area contributed by atoms with E-state index < -0.39 is 0 Å². The van der Waals surface area contributed by atoms with Crippen molar-refractivity contribution in [3.05, 3.63) is 51.7 Å². The quantitative estimate of drug-likeness (QED) is 0.755. The predicted molar refractivity (Wildman–Crippen MR) is 65.2 cm³/mol. The number of aryl methyl sites for hydroxylation is 1. The van der Waals surface area contributed by atoms with Gasteiger partial charge in [0.05, 0.1) is 4.88 Å². The van der Waals surface area contributed by atoms with Crippen LogP contribution in [0.1, 0.15) is 20.8 Å². The molecule has 3 heteroatoms. The number of carbonyl (C=O) groups excluding carboxylic acids is 1. The molecule has 0 unspecified atom stereocenters. The zero-order valence-corrected chi connectivity index (χ0v) is 9.79. The summed E-state index contributed by atoms with van der Waals surface area (Å²) in [4.78, 5) is 11.3. The highest BCUT2D eigenvalue weighted by atomic mass is 32.1. The number of aldehydes is 1. The maximum Gasteiger partial charge on any atom is 0.160 e. The molecular weight excluding hydrogens is 220 g/mol. The average molecular weight is 232 g/mol. The molecule has 0 atom stereocenters. The predicted octanol–water partition coefficient (Wildman–Crippen LogP) is 3.45. The monoisotopic (exact) mass is 232 g/mol. The van der Waals surface area contributed by atoms with Crippen molar-refractivity contribution in [2.24, 2.45) is 0 Å². The Morgan fingerprint density at radius 1 is 1.38 bits per heavy atom. The highest BCUT2D eigenvalue weighted by molar-refractivity contribution is 7.11. The van der Waals surface area contributed by atoms with Crippen molar-refractivity contribution in [2.75, 3.05) is 0 Å². The summed E-state index contributed by atoms with van der Waals surface area (Å²) >= 11 is 1.44. The van der Waals surface area contributed by atoms with Crippen molar-refractivity contribution < 1.29 is 9.53 Å². The van der Waals surface area contributed by atoms with E-state index >= 15 is 0 Å². The standard InChI is InChI=1S/C13H12O2S/c1-10-4-2-3-5-13(10)15-8-11-6-12(7-14)16-9-11/h2-7,9H,8H2,1H3. The van der Waals surface area contributed by atoms with Crippen molar-refractivity contribution in [3.63, 3.8) is 0 Å². The van der Waals surface area contributed by atoms with Gasteiger partial charge in [-0.25, -0.2) is 0 Å². The number of para-hydroxylation sites is 1. The van der Waals surface area contributed by atoms with E-state index in [-0.39, 0.29) is 0 Å². The lowest BCUT2D eigenvalue weighted by atomic mass is 10.2. The van der Waals surface area contributed by atoms with Crippen molar-refractivity contribution in [2.45, 2.75) is 13.5 Å². The molecule has 2 nitrogen and oxygen atoms in total. The molecule has 0 saturated heterocycles. The lowest BCUT2D eigenvalue weighted by molar-refractivity contribution is 0.112. The van der Waals surface area contributed by atoms with Crippen LogP contribution in [0.4, 0.5) is 0 Å². The normalized spacial score (nSPS) is 10.1. The number of thiophene rings is 1. The summed E-state index contributed by atoms with van der Waals surface area (Å²) in [6.45, 7) is 2.52. The molecule has 1 heterocycles. The van der Waals surface area contributed by atoms with Gasteiger partial charge in [0.25, 0.3) is 0 Å². The molecule has 2 aromatic rings. The second-order valence-electron chi connectivity index (χ2n) is 3.53. The Morgan fingerprint density at radius 2 is 2.19 bits per heavy atom. The largest absolute Gasteiger partial charge is 0.489 e. The third-order valence-corrected chi connectivity index (χ3v) is 3.18. The van der Waals surface area contributed by atoms with Crippen molar-refractivity contribution in [1.29, 1.82) is 0 Å². The van der Waals surface area contributed by atoms with E-state index in [0.717, 1.165) is 28.0 Å². The minimum absolute atomic E-state index is 0.509. The summed E-state index contributed by atoms with van der Waals surface area (Å²) in [7, 11) is 0. The van der Waals surface area contributed by atoms with Gasteiger partial charge in [-0.05, 0) is 30.0 Å². The molecule has 0 N–H and O–H groups in total. The van der Waals surface area contributed by atoms with Gasteiger partial charge in [0.1, 0.15) is 12.4 Å². The van der Waals surface area contributed by atoms with Crippen LogP contribution in [-0.4, -0.2) is 6.29 Å². The number of ether oxygens (including phenoxy) is 1. The lowest BCUT2D eigenvalue weighted by Gasteiger charge is -2.07. The van der Waals surface area contributed by atoms with Crippen LogP contribution in [0, 0.1) is 6.92 Å². The molecule has 82 valence electrons. The van der Waals surface area contributed by atoms with Gasteiger partial charge in [-0.3, -0.25) is 4.79 Å². The molecule has 16 heavy (non-hydrogen) atoms. The maximum absolute atomic E-state index is 10.5. The first-order chi connectivity index (χ1) is 7.79. The van der Waals surface area contributed by atoms with E-state index in [4.69, 9.17) is 4.74 Å². The second kappa shape index (κ2) is 4.94. The van der Waals surface area contributed by atoms with Crippen LogP contribution in [0.2, 0.25) is 0 Å². The highest BCUT2D eigenvalue weighted by Gasteiger charge is 2.01. The van der Waals surface area contributed by atoms with Crippen LogP contribution in [0.15, 0.2) is 35.7 Å². The van der Waals surface area contributed by atoms with Crippen LogP contribution in [0.3, 0.4) is 0 Å². The topological polar surface area (TPSA) is 26.3 Å². The van der Waals surface area contributed by atoms with Crippen LogP contribution >= 0.6 is 11.3 Å². The minimum atomic E-state index is 0.509. The fourth-order valence-electron chi connectivity index (χ4n) is 1.41. The average Bonchev–Trinajstić information content (AvgIpc) is 2.76. The van der Waals surface area contributed by atoms with E-state index in [1.54, 1.807) is 0 Å². The van der Waals surface area contributed by atoms with Crippen molar-refractivity contribution in [3.8, 4) is 5.75 Å². The molecular formula is C13H12O2S. The summed E-state index contributed by atoms with van der Waals surface area (Å²) in [6, 6.07) is 9.75. The molecule has 1 aromatic heterocycles. The maximum atomic E-state index is 10.5. The molecule has 0 fully saturated rings. The summed E-state index contributed by atoms with van der Waals surface area (Å²) in [5, 5.41) is 1.95. The zero-order chi connectivity index (χ0) is 11.4. The first-order valence-corrected chi connectivity index (χ1v) is 5.88. The Kier molecular flexibility index (Phi) is 3.37. The van der Waals surface area contributed by atoms with E-state index in [1.807, 2.05) is 42.6 Å².